The first-order valence-electron chi connectivity index (χ1n) is 9.23. The number of piperazine rings is 1. The number of nitrogens with zero attached hydrogens (tertiary/aromatic N) is 2. The van der Waals surface area contributed by atoms with Crippen LogP contribution in [0.2, 0.25) is 0 Å². The van der Waals surface area contributed by atoms with Crippen molar-refractivity contribution in [1.29, 1.82) is 0 Å². The predicted molar refractivity (Wildman–Crippen MR) is 106 cm³/mol. The standard InChI is InChI=1S/C22H23N3O2/c1-15-8-9-18-17(12-15)14-20(24(18)2)22(27)25-11-10-23-21(26)19(25)13-16-6-4-3-5-7-16/h3-9,12,14,19H,10-11,13H2,1-2H3,(H,23,26). The van der Waals surface area contributed by atoms with Crippen LogP contribution in [0.25, 0.3) is 10.9 Å². The van der Waals surface area contributed by atoms with E-state index in [1.165, 1.54) is 0 Å². The Labute approximate surface area is 158 Å². The maximum Gasteiger partial charge on any atom is 0.271 e. The molecule has 0 saturated carbocycles. The second-order valence-electron chi connectivity index (χ2n) is 7.15. The molecule has 3 aromatic rings. The molecular weight excluding hydrogens is 338 g/mol. The van der Waals surface area contributed by atoms with Crippen LogP contribution in [0.3, 0.4) is 0 Å². The van der Waals surface area contributed by atoms with Gasteiger partial charge in [0.2, 0.25) is 5.91 Å². The lowest BCUT2D eigenvalue weighted by Crippen LogP contribution is -2.58. The van der Waals surface area contributed by atoms with E-state index in [0.29, 0.717) is 25.2 Å². The number of aryl methyl sites for hydroxylation is 2. The van der Waals surface area contributed by atoms with Crippen LogP contribution in [0.1, 0.15) is 21.6 Å². The van der Waals surface area contributed by atoms with Crippen LogP contribution < -0.4 is 5.32 Å². The van der Waals surface area contributed by atoms with Gasteiger partial charge in [-0.05, 0) is 30.7 Å². The second kappa shape index (κ2) is 6.91. The molecule has 1 unspecified atom stereocenters. The van der Waals surface area contributed by atoms with Crippen molar-refractivity contribution in [1.82, 2.24) is 14.8 Å². The van der Waals surface area contributed by atoms with E-state index in [1.807, 2.05) is 67.1 Å². The van der Waals surface area contributed by atoms with Gasteiger partial charge in [-0.1, -0.05) is 42.0 Å². The predicted octanol–water partition coefficient (Wildman–Crippen LogP) is 2.67. The molecule has 2 heterocycles. The van der Waals surface area contributed by atoms with Gasteiger partial charge in [-0.3, -0.25) is 9.59 Å². The molecule has 138 valence electrons. The Morgan fingerprint density at radius 3 is 2.70 bits per heavy atom. The SMILES string of the molecule is Cc1ccc2c(c1)cc(C(=O)N1CCNC(=O)C1Cc1ccccc1)n2C. The Balaban J connectivity index is 1.68. The molecule has 1 N–H and O–H groups in total. The lowest BCUT2D eigenvalue weighted by atomic mass is 10.0. The molecule has 4 rings (SSSR count). The summed E-state index contributed by atoms with van der Waals surface area (Å²) in [5.74, 6) is -0.185. The average Bonchev–Trinajstić information content (AvgIpc) is 2.99. The summed E-state index contributed by atoms with van der Waals surface area (Å²) in [5, 5.41) is 3.94. The molecule has 0 bridgehead atoms. The highest BCUT2D eigenvalue weighted by Gasteiger charge is 2.34. The van der Waals surface area contributed by atoms with E-state index in [4.69, 9.17) is 0 Å². The number of benzene rings is 2. The maximum atomic E-state index is 13.3. The summed E-state index contributed by atoms with van der Waals surface area (Å²) >= 11 is 0. The topological polar surface area (TPSA) is 54.3 Å². The Bertz CT molecular complexity index is 1010. The molecular formula is C22H23N3O2. The van der Waals surface area contributed by atoms with Gasteiger partial charge in [0.15, 0.2) is 0 Å². The van der Waals surface area contributed by atoms with Gasteiger partial charge < -0.3 is 14.8 Å². The van der Waals surface area contributed by atoms with Gasteiger partial charge in [-0.2, -0.15) is 0 Å². The fourth-order valence-electron chi connectivity index (χ4n) is 3.82. The Hall–Kier alpha value is -3.08. The van der Waals surface area contributed by atoms with Crippen LogP contribution in [-0.2, 0) is 18.3 Å². The number of amides is 2. The number of hydrogen-bond donors (Lipinski definition) is 1. The highest BCUT2D eigenvalue weighted by molar-refractivity contribution is 6.01. The fraction of sp³-hybridized carbons (Fsp3) is 0.273. The lowest BCUT2D eigenvalue weighted by Gasteiger charge is -2.35. The number of rotatable bonds is 3. The average molecular weight is 361 g/mol. The number of aromatic nitrogens is 1. The molecule has 2 aromatic carbocycles. The van der Waals surface area contributed by atoms with Crippen molar-refractivity contribution in [3.8, 4) is 0 Å². The molecule has 0 radical (unpaired) electrons. The van der Waals surface area contributed by atoms with Crippen molar-refractivity contribution in [2.45, 2.75) is 19.4 Å². The Kier molecular flexibility index (Phi) is 4.44. The van der Waals surface area contributed by atoms with E-state index >= 15 is 0 Å². The van der Waals surface area contributed by atoms with E-state index in [0.717, 1.165) is 22.0 Å². The zero-order valence-corrected chi connectivity index (χ0v) is 15.6. The molecule has 5 nitrogen and oxygen atoms in total. The zero-order valence-electron chi connectivity index (χ0n) is 15.6. The first-order valence-corrected chi connectivity index (χ1v) is 9.23. The zero-order chi connectivity index (χ0) is 19.0. The number of hydrogen-bond acceptors (Lipinski definition) is 2. The molecule has 1 aromatic heterocycles. The van der Waals surface area contributed by atoms with Gasteiger partial charge in [-0.15, -0.1) is 0 Å². The maximum absolute atomic E-state index is 13.3. The van der Waals surface area contributed by atoms with Gasteiger partial charge in [0, 0.05) is 37.5 Å². The molecule has 5 heteroatoms. The molecule has 1 fully saturated rings. The molecule has 1 saturated heterocycles. The summed E-state index contributed by atoms with van der Waals surface area (Å²) in [4.78, 5) is 27.6. The van der Waals surface area contributed by atoms with Gasteiger partial charge in [0.25, 0.3) is 5.91 Å². The third-order valence-corrected chi connectivity index (χ3v) is 5.28. The normalized spacial score (nSPS) is 17.2. The summed E-state index contributed by atoms with van der Waals surface area (Å²) in [7, 11) is 1.90. The fourth-order valence-corrected chi connectivity index (χ4v) is 3.82. The van der Waals surface area contributed by atoms with E-state index < -0.39 is 6.04 Å². The van der Waals surface area contributed by atoms with Gasteiger partial charge >= 0.3 is 0 Å². The van der Waals surface area contributed by atoms with Crippen molar-refractivity contribution in [2.75, 3.05) is 13.1 Å². The summed E-state index contributed by atoms with van der Waals surface area (Å²) in [6.45, 7) is 3.04. The molecule has 1 atom stereocenters. The summed E-state index contributed by atoms with van der Waals surface area (Å²) in [6.07, 6.45) is 0.515. The van der Waals surface area contributed by atoms with Gasteiger partial charge in [0.05, 0.1) is 0 Å². The minimum Gasteiger partial charge on any atom is -0.353 e. The van der Waals surface area contributed by atoms with Crippen LogP contribution in [0.15, 0.2) is 54.6 Å². The van der Waals surface area contributed by atoms with Crippen LogP contribution in [0, 0.1) is 6.92 Å². The monoisotopic (exact) mass is 361 g/mol. The highest BCUT2D eigenvalue weighted by Crippen LogP contribution is 2.23. The lowest BCUT2D eigenvalue weighted by molar-refractivity contribution is -0.127. The molecule has 1 aliphatic heterocycles. The quantitative estimate of drug-likeness (QED) is 0.780. The first-order chi connectivity index (χ1) is 13.0. The Morgan fingerprint density at radius 2 is 1.93 bits per heavy atom. The number of fused-ring (bicyclic) bond motifs is 1. The highest BCUT2D eigenvalue weighted by atomic mass is 16.2. The Morgan fingerprint density at radius 1 is 1.15 bits per heavy atom. The van der Waals surface area contributed by atoms with E-state index in [2.05, 4.69) is 11.4 Å². The van der Waals surface area contributed by atoms with E-state index in [1.54, 1.807) is 4.90 Å². The second-order valence-corrected chi connectivity index (χ2v) is 7.15. The molecule has 2 amide bonds. The third kappa shape index (κ3) is 3.21. The van der Waals surface area contributed by atoms with Crippen molar-refractivity contribution >= 4 is 22.7 Å². The third-order valence-electron chi connectivity index (χ3n) is 5.28. The molecule has 1 aliphatic rings. The van der Waals surface area contributed by atoms with Crippen molar-refractivity contribution in [3.05, 3.63) is 71.4 Å². The van der Waals surface area contributed by atoms with Crippen LogP contribution in [-0.4, -0.2) is 40.4 Å². The number of carbonyl (C=O) groups excluding carboxylic acids is 2. The first kappa shape index (κ1) is 17.3. The smallest absolute Gasteiger partial charge is 0.271 e. The van der Waals surface area contributed by atoms with Crippen molar-refractivity contribution < 1.29 is 9.59 Å². The number of carbonyl (C=O) groups is 2. The van der Waals surface area contributed by atoms with E-state index in [-0.39, 0.29) is 11.8 Å². The van der Waals surface area contributed by atoms with Crippen LogP contribution in [0.4, 0.5) is 0 Å². The summed E-state index contributed by atoms with van der Waals surface area (Å²) in [6, 6.07) is 17.4. The number of nitrogens with one attached hydrogen (secondary N) is 1. The summed E-state index contributed by atoms with van der Waals surface area (Å²) < 4.78 is 1.92. The van der Waals surface area contributed by atoms with Crippen molar-refractivity contribution in [2.24, 2.45) is 7.05 Å². The molecule has 0 spiro atoms. The molecule has 27 heavy (non-hydrogen) atoms. The summed E-state index contributed by atoms with van der Waals surface area (Å²) in [5.41, 5.74) is 3.84. The van der Waals surface area contributed by atoms with Crippen LogP contribution >= 0.6 is 0 Å². The largest absolute Gasteiger partial charge is 0.353 e. The molecule has 0 aliphatic carbocycles. The van der Waals surface area contributed by atoms with Crippen molar-refractivity contribution in [3.63, 3.8) is 0 Å². The minimum absolute atomic E-state index is 0.0898. The van der Waals surface area contributed by atoms with Gasteiger partial charge in [-0.25, -0.2) is 0 Å². The van der Waals surface area contributed by atoms with E-state index in [9.17, 15) is 9.59 Å². The van der Waals surface area contributed by atoms with Gasteiger partial charge in [0.1, 0.15) is 11.7 Å². The van der Waals surface area contributed by atoms with Crippen LogP contribution in [0.5, 0.6) is 0 Å². The minimum atomic E-state index is -0.492.